The molecule has 2 aromatic rings. The Hall–Kier alpha value is -0.970. The van der Waals surface area contributed by atoms with Crippen molar-refractivity contribution in [1.29, 1.82) is 0 Å². The first-order valence-electron chi connectivity index (χ1n) is 6.97. The van der Waals surface area contributed by atoms with Crippen molar-refractivity contribution in [3.8, 4) is 5.75 Å². The van der Waals surface area contributed by atoms with E-state index < -0.39 is 6.10 Å². The molecule has 0 saturated heterocycles. The molecule has 2 nitrogen and oxygen atoms in total. The average Bonchev–Trinajstić information content (AvgIpc) is 2.89. The van der Waals surface area contributed by atoms with Gasteiger partial charge in [-0.15, -0.1) is 11.8 Å². The predicted molar refractivity (Wildman–Crippen MR) is 90.2 cm³/mol. The minimum absolute atomic E-state index is 0.414. The predicted octanol–water partition coefficient (Wildman–Crippen LogP) is 4.77. The van der Waals surface area contributed by atoms with Gasteiger partial charge in [-0.3, -0.25) is 0 Å². The lowest BCUT2D eigenvalue weighted by molar-refractivity contribution is 0.190. The van der Waals surface area contributed by atoms with Crippen molar-refractivity contribution in [1.82, 2.24) is 0 Å². The molecule has 3 rings (SSSR count). The van der Waals surface area contributed by atoms with E-state index in [9.17, 15) is 5.11 Å². The highest BCUT2D eigenvalue weighted by atomic mass is 79.9. The second-order valence-electron chi connectivity index (χ2n) is 5.21. The highest BCUT2D eigenvalue weighted by Gasteiger charge is 2.23. The summed E-state index contributed by atoms with van der Waals surface area (Å²) >= 11 is 5.32. The molecule has 1 aliphatic rings. The van der Waals surface area contributed by atoms with Crippen LogP contribution in [0, 0.1) is 0 Å². The van der Waals surface area contributed by atoms with Crippen molar-refractivity contribution in [2.75, 3.05) is 12.4 Å². The van der Waals surface area contributed by atoms with Crippen LogP contribution in [0.25, 0.3) is 0 Å². The Labute approximate surface area is 137 Å². The molecule has 0 aliphatic carbocycles. The second-order valence-corrected chi connectivity index (χ2v) is 7.19. The van der Waals surface area contributed by atoms with Gasteiger partial charge in [-0.05, 0) is 36.8 Å². The van der Waals surface area contributed by atoms with Crippen molar-refractivity contribution in [3.05, 3.63) is 58.1 Å². The largest absolute Gasteiger partial charge is 0.493 e. The summed E-state index contributed by atoms with van der Waals surface area (Å²) in [6.07, 6.45) is -0.539. The van der Waals surface area contributed by atoms with Crippen molar-refractivity contribution < 1.29 is 9.84 Å². The highest BCUT2D eigenvalue weighted by molar-refractivity contribution is 9.10. The first-order valence-corrected chi connectivity index (χ1v) is 8.75. The van der Waals surface area contributed by atoms with E-state index in [1.807, 2.05) is 30.0 Å². The van der Waals surface area contributed by atoms with E-state index in [4.69, 9.17) is 4.74 Å². The molecule has 1 N–H and O–H groups in total. The Morgan fingerprint density at radius 3 is 2.95 bits per heavy atom. The zero-order valence-corrected chi connectivity index (χ0v) is 14.2. The van der Waals surface area contributed by atoms with Crippen LogP contribution in [-0.2, 0) is 0 Å². The molecule has 0 fully saturated rings. The lowest BCUT2D eigenvalue weighted by Crippen LogP contribution is -2.11. The SMILES string of the molecule is C[C@H](O)c1cc(Br)ccc1OCC1CSc2ccccc21. The Morgan fingerprint density at radius 2 is 2.14 bits per heavy atom. The first-order chi connectivity index (χ1) is 10.1. The van der Waals surface area contributed by atoms with E-state index in [0.717, 1.165) is 21.5 Å². The maximum Gasteiger partial charge on any atom is 0.125 e. The van der Waals surface area contributed by atoms with E-state index in [1.54, 1.807) is 6.92 Å². The van der Waals surface area contributed by atoms with Gasteiger partial charge in [0.15, 0.2) is 0 Å². The van der Waals surface area contributed by atoms with Gasteiger partial charge in [0.1, 0.15) is 5.75 Å². The zero-order valence-electron chi connectivity index (χ0n) is 11.8. The third-order valence-electron chi connectivity index (χ3n) is 3.66. The van der Waals surface area contributed by atoms with Gasteiger partial charge in [-0.2, -0.15) is 0 Å². The third kappa shape index (κ3) is 3.28. The normalized spacial score (nSPS) is 18.3. The van der Waals surface area contributed by atoms with Gasteiger partial charge >= 0.3 is 0 Å². The van der Waals surface area contributed by atoms with E-state index in [0.29, 0.717) is 12.5 Å². The molecule has 0 bridgehead atoms. The molecule has 110 valence electrons. The van der Waals surface area contributed by atoms with Crippen molar-refractivity contribution in [2.24, 2.45) is 0 Å². The number of hydrogen-bond donors (Lipinski definition) is 1. The Morgan fingerprint density at radius 1 is 1.33 bits per heavy atom. The topological polar surface area (TPSA) is 29.5 Å². The van der Waals surface area contributed by atoms with Crippen LogP contribution < -0.4 is 4.74 Å². The Kier molecular flexibility index (Phi) is 4.57. The van der Waals surface area contributed by atoms with E-state index in [1.165, 1.54) is 10.5 Å². The fourth-order valence-corrected chi connectivity index (χ4v) is 4.15. The van der Waals surface area contributed by atoms with Crippen LogP contribution >= 0.6 is 27.7 Å². The highest BCUT2D eigenvalue weighted by Crippen LogP contribution is 2.40. The number of aliphatic hydroxyl groups excluding tert-OH is 1. The maximum absolute atomic E-state index is 9.87. The monoisotopic (exact) mass is 364 g/mol. The molecule has 1 unspecified atom stereocenters. The van der Waals surface area contributed by atoms with Crippen LogP contribution in [0.15, 0.2) is 51.8 Å². The summed E-state index contributed by atoms with van der Waals surface area (Å²) in [6.45, 7) is 2.40. The molecule has 1 heterocycles. The number of aliphatic hydroxyl groups is 1. The van der Waals surface area contributed by atoms with E-state index >= 15 is 0 Å². The van der Waals surface area contributed by atoms with Gasteiger partial charge < -0.3 is 9.84 Å². The second kappa shape index (κ2) is 6.42. The summed E-state index contributed by atoms with van der Waals surface area (Å²) < 4.78 is 6.95. The molecule has 0 aromatic heterocycles. The minimum Gasteiger partial charge on any atom is -0.493 e. The molecular formula is C17H17BrO2S. The lowest BCUT2D eigenvalue weighted by Gasteiger charge is -2.17. The number of fused-ring (bicyclic) bond motifs is 1. The van der Waals surface area contributed by atoms with Crippen LogP contribution in [0.5, 0.6) is 5.75 Å². The molecule has 0 spiro atoms. The fraction of sp³-hybridized carbons (Fsp3) is 0.294. The van der Waals surface area contributed by atoms with E-state index in [2.05, 4.69) is 40.2 Å². The smallest absolute Gasteiger partial charge is 0.125 e. The molecule has 21 heavy (non-hydrogen) atoms. The number of rotatable bonds is 4. The van der Waals surface area contributed by atoms with Crippen molar-refractivity contribution in [2.45, 2.75) is 23.8 Å². The van der Waals surface area contributed by atoms with Crippen molar-refractivity contribution in [3.63, 3.8) is 0 Å². The molecule has 0 amide bonds. The van der Waals surface area contributed by atoms with E-state index in [-0.39, 0.29) is 0 Å². The molecule has 0 saturated carbocycles. The average molecular weight is 365 g/mol. The molecule has 0 radical (unpaired) electrons. The summed E-state index contributed by atoms with van der Waals surface area (Å²) in [5, 5.41) is 9.87. The number of halogens is 1. The van der Waals surface area contributed by atoms with Gasteiger partial charge in [0, 0.05) is 26.6 Å². The van der Waals surface area contributed by atoms with Gasteiger partial charge in [-0.25, -0.2) is 0 Å². The van der Waals surface area contributed by atoms with Crippen LogP contribution in [0.4, 0.5) is 0 Å². The number of benzene rings is 2. The molecule has 2 atom stereocenters. The van der Waals surface area contributed by atoms with Crippen LogP contribution in [0.1, 0.15) is 30.1 Å². The molecular weight excluding hydrogens is 348 g/mol. The summed E-state index contributed by atoms with van der Waals surface area (Å²) in [4.78, 5) is 1.36. The minimum atomic E-state index is -0.539. The van der Waals surface area contributed by atoms with Gasteiger partial charge in [0.05, 0.1) is 12.7 Å². The van der Waals surface area contributed by atoms with Gasteiger partial charge in [0.25, 0.3) is 0 Å². The molecule has 1 aliphatic heterocycles. The van der Waals surface area contributed by atoms with Gasteiger partial charge in [0.2, 0.25) is 0 Å². The fourth-order valence-electron chi connectivity index (χ4n) is 2.53. The Balaban J connectivity index is 1.75. The van der Waals surface area contributed by atoms with Crippen LogP contribution in [-0.4, -0.2) is 17.5 Å². The Bertz CT molecular complexity index is 642. The van der Waals surface area contributed by atoms with Crippen molar-refractivity contribution >= 4 is 27.7 Å². The molecule has 4 heteroatoms. The first kappa shape index (κ1) is 14.9. The third-order valence-corrected chi connectivity index (χ3v) is 5.41. The summed E-state index contributed by atoms with van der Waals surface area (Å²) in [6, 6.07) is 14.3. The quantitative estimate of drug-likeness (QED) is 0.846. The number of thioether (sulfide) groups is 1. The zero-order chi connectivity index (χ0) is 14.8. The summed E-state index contributed by atoms with van der Waals surface area (Å²) in [5.41, 5.74) is 2.20. The molecule has 2 aromatic carbocycles. The van der Waals surface area contributed by atoms with Crippen LogP contribution in [0.3, 0.4) is 0 Å². The number of ether oxygens (including phenoxy) is 1. The lowest BCUT2D eigenvalue weighted by atomic mass is 10.0. The maximum atomic E-state index is 9.87. The standard InChI is InChI=1S/C17H17BrO2S/c1-11(19)15-8-13(18)6-7-16(15)20-9-12-10-21-17-5-3-2-4-14(12)17/h2-8,11-12,19H,9-10H2,1H3/t11-,12?/m0/s1. The summed E-state index contributed by atoms with van der Waals surface area (Å²) in [5.74, 6) is 2.24. The summed E-state index contributed by atoms with van der Waals surface area (Å²) in [7, 11) is 0. The van der Waals surface area contributed by atoms with Crippen LogP contribution in [0.2, 0.25) is 0 Å². The number of hydrogen-bond acceptors (Lipinski definition) is 3. The van der Waals surface area contributed by atoms with Gasteiger partial charge in [-0.1, -0.05) is 34.1 Å².